The van der Waals surface area contributed by atoms with Gasteiger partial charge in [-0.05, 0) is 43.9 Å². The first-order valence-corrected chi connectivity index (χ1v) is 6.62. The minimum absolute atomic E-state index is 0.0743. The molecule has 1 aromatic carbocycles. The predicted molar refractivity (Wildman–Crippen MR) is 74.7 cm³/mol. The van der Waals surface area contributed by atoms with Crippen molar-refractivity contribution in [3.63, 3.8) is 0 Å². The van der Waals surface area contributed by atoms with E-state index in [-0.39, 0.29) is 5.91 Å². The Morgan fingerprint density at radius 3 is 2.78 bits per heavy atom. The number of carbonyl (C=O) groups is 1. The van der Waals surface area contributed by atoms with Crippen LogP contribution in [0.3, 0.4) is 0 Å². The Kier molecular flexibility index (Phi) is 4.07. The predicted octanol–water partition coefficient (Wildman–Crippen LogP) is 2.23. The van der Waals surface area contributed by atoms with Crippen molar-refractivity contribution in [2.45, 2.75) is 26.2 Å². The Balaban J connectivity index is 1.97. The van der Waals surface area contributed by atoms with Gasteiger partial charge in [-0.1, -0.05) is 6.42 Å². The van der Waals surface area contributed by atoms with Gasteiger partial charge in [0, 0.05) is 18.7 Å². The molecule has 1 saturated carbocycles. The number of rotatable bonds is 5. The zero-order chi connectivity index (χ0) is 13.0. The van der Waals surface area contributed by atoms with Crippen molar-refractivity contribution in [3.05, 3.63) is 23.8 Å². The maximum Gasteiger partial charge on any atom is 0.251 e. The summed E-state index contributed by atoms with van der Waals surface area (Å²) in [6.45, 7) is 3.50. The molecule has 4 N–H and O–H groups in total. The van der Waals surface area contributed by atoms with Crippen LogP contribution in [0, 0.1) is 5.92 Å². The molecule has 4 heteroatoms. The lowest BCUT2D eigenvalue weighted by atomic mass is 9.85. The summed E-state index contributed by atoms with van der Waals surface area (Å²) in [5.74, 6) is 0.710. The van der Waals surface area contributed by atoms with Crippen molar-refractivity contribution < 1.29 is 4.79 Å². The van der Waals surface area contributed by atoms with Crippen LogP contribution in [0.2, 0.25) is 0 Å². The number of amides is 1. The van der Waals surface area contributed by atoms with E-state index in [0.29, 0.717) is 17.8 Å². The van der Waals surface area contributed by atoms with Crippen LogP contribution in [-0.2, 0) is 0 Å². The molecule has 0 atom stereocenters. The summed E-state index contributed by atoms with van der Waals surface area (Å²) in [4.78, 5) is 11.6. The highest BCUT2D eigenvalue weighted by molar-refractivity contribution is 5.96. The fourth-order valence-electron chi connectivity index (χ4n) is 2.08. The molecule has 0 aromatic heterocycles. The van der Waals surface area contributed by atoms with Gasteiger partial charge in [0.05, 0.1) is 11.4 Å². The molecule has 1 aliphatic rings. The summed E-state index contributed by atoms with van der Waals surface area (Å²) < 4.78 is 0. The quantitative estimate of drug-likeness (QED) is 0.699. The number of carbonyl (C=O) groups excluding carboxylic acids is 1. The summed E-state index contributed by atoms with van der Waals surface area (Å²) in [5.41, 5.74) is 8.14. The zero-order valence-electron chi connectivity index (χ0n) is 10.8. The molecule has 1 aliphatic carbocycles. The Bertz CT molecular complexity index is 427. The standard InChI is InChI=1S/C14H21N3O/c1-2-16-14(18)11-6-7-13(12(15)8-11)17-9-10-4-3-5-10/h6-8,10,17H,2-5,9,15H2,1H3,(H,16,18). The average Bonchev–Trinajstić information content (AvgIpc) is 2.29. The van der Waals surface area contributed by atoms with Crippen molar-refractivity contribution >= 4 is 17.3 Å². The second-order valence-corrected chi connectivity index (χ2v) is 4.84. The molecular weight excluding hydrogens is 226 g/mol. The molecule has 0 radical (unpaired) electrons. The second kappa shape index (κ2) is 5.76. The number of nitrogen functional groups attached to an aromatic ring is 1. The maximum absolute atomic E-state index is 11.6. The normalized spacial score (nSPS) is 14.9. The SMILES string of the molecule is CCNC(=O)c1ccc(NCC2CCC2)c(N)c1. The van der Waals surface area contributed by atoms with Gasteiger partial charge in [-0.25, -0.2) is 0 Å². The molecule has 0 heterocycles. The van der Waals surface area contributed by atoms with Gasteiger partial charge in [0.2, 0.25) is 0 Å². The molecule has 0 bridgehead atoms. The number of nitrogens with one attached hydrogen (secondary N) is 2. The van der Waals surface area contributed by atoms with Gasteiger partial charge >= 0.3 is 0 Å². The van der Waals surface area contributed by atoms with Crippen LogP contribution < -0.4 is 16.4 Å². The molecule has 98 valence electrons. The third kappa shape index (κ3) is 2.94. The summed E-state index contributed by atoms with van der Waals surface area (Å²) in [7, 11) is 0. The van der Waals surface area contributed by atoms with Gasteiger partial charge in [-0.15, -0.1) is 0 Å². The van der Waals surface area contributed by atoms with Gasteiger partial charge in [0.25, 0.3) is 5.91 Å². The van der Waals surface area contributed by atoms with Crippen LogP contribution in [0.15, 0.2) is 18.2 Å². The van der Waals surface area contributed by atoms with Crippen LogP contribution in [0.5, 0.6) is 0 Å². The monoisotopic (exact) mass is 247 g/mol. The molecule has 1 fully saturated rings. The van der Waals surface area contributed by atoms with E-state index in [1.807, 2.05) is 19.1 Å². The Morgan fingerprint density at radius 2 is 2.22 bits per heavy atom. The summed E-state index contributed by atoms with van der Waals surface area (Å²) in [5, 5.41) is 6.12. The van der Waals surface area contributed by atoms with Crippen molar-refractivity contribution in [2.24, 2.45) is 5.92 Å². The first kappa shape index (κ1) is 12.7. The Hall–Kier alpha value is -1.71. The highest BCUT2D eigenvalue weighted by Crippen LogP contribution is 2.27. The molecule has 0 saturated heterocycles. The summed E-state index contributed by atoms with van der Waals surface area (Å²) in [6.07, 6.45) is 3.96. The molecule has 4 nitrogen and oxygen atoms in total. The van der Waals surface area contributed by atoms with Gasteiger partial charge in [0.1, 0.15) is 0 Å². The molecule has 2 rings (SSSR count). The molecule has 18 heavy (non-hydrogen) atoms. The summed E-state index contributed by atoms with van der Waals surface area (Å²) in [6, 6.07) is 5.43. The molecule has 1 amide bonds. The van der Waals surface area contributed by atoms with Gasteiger partial charge in [0.15, 0.2) is 0 Å². The van der Waals surface area contributed by atoms with E-state index in [9.17, 15) is 4.79 Å². The smallest absolute Gasteiger partial charge is 0.251 e. The van der Waals surface area contributed by atoms with Gasteiger partial charge < -0.3 is 16.4 Å². The van der Waals surface area contributed by atoms with Crippen LogP contribution in [-0.4, -0.2) is 19.0 Å². The molecule has 0 spiro atoms. The van der Waals surface area contributed by atoms with E-state index in [0.717, 1.165) is 18.2 Å². The molecule has 1 aromatic rings. The van der Waals surface area contributed by atoms with E-state index < -0.39 is 0 Å². The van der Waals surface area contributed by atoms with E-state index >= 15 is 0 Å². The lowest BCUT2D eigenvalue weighted by Gasteiger charge is -2.26. The third-order valence-corrected chi connectivity index (χ3v) is 3.46. The van der Waals surface area contributed by atoms with E-state index in [1.54, 1.807) is 6.07 Å². The van der Waals surface area contributed by atoms with Crippen molar-refractivity contribution in [1.82, 2.24) is 5.32 Å². The number of anilines is 2. The maximum atomic E-state index is 11.6. The second-order valence-electron chi connectivity index (χ2n) is 4.84. The topological polar surface area (TPSA) is 67.2 Å². The number of hydrogen-bond donors (Lipinski definition) is 3. The minimum Gasteiger partial charge on any atom is -0.397 e. The number of hydrogen-bond acceptors (Lipinski definition) is 3. The van der Waals surface area contributed by atoms with Crippen LogP contribution in [0.1, 0.15) is 36.5 Å². The Morgan fingerprint density at radius 1 is 1.44 bits per heavy atom. The third-order valence-electron chi connectivity index (χ3n) is 3.46. The molecule has 0 aliphatic heterocycles. The number of benzene rings is 1. The molecule has 0 unspecified atom stereocenters. The first-order valence-electron chi connectivity index (χ1n) is 6.62. The van der Waals surface area contributed by atoms with Crippen LogP contribution >= 0.6 is 0 Å². The van der Waals surface area contributed by atoms with Gasteiger partial charge in [-0.3, -0.25) is 4.79 Å². The van der Waals surface area contributed by atoms with E-state index in [1.165, 1.54) is 19.3 Å². The summed E-state index contributed by atoms with van der Waals surface area (Å²) >= 11 is 0. The Labute approximate surface area is 108 Å². The first-order chi connectivity index (χ1) is 8.70. The zero-order valence-corrected chi connectivity index (χ0v) is 10.8. The fourth-order valence-corrected chi connectivity index (χ4v) is 2.08. The largest absolute Gasteiger partial charge is 0.397 e. The van der Waals surface area contributed by atoms with Crippen LogP contribution in [0.4, 0.5) is 11.4 Å². The average molecular weight is 247 g/mol. The lowest BCUT2D eigenvalue weighted by Crippen LogP contribution is -2.23. The number of nitrogens with two attached hydrogens (primary N) is 1. The highest BCUT2D eigenvalue weighted by Gasteiger charge is 2.17. The van der Waals surface area contributed by atoms with Gasteiger partial charge in [-0.2, -0.15) is 0 Å². The fraction of sp³-hybridized carbons (Fsp3) is 0.500. The minimum atomic E-state index is -0.0743. The van der Waals surface area contributed by atoms with Crippen molar-refractivity contribution in [1.29, 1.82) is 0 Å². The van der Waals surface area contributed by atoms with Crippen LogP contribution in [0.25, 0.3) is 0 Å². The molecular formula is C14H21N3O. The van der Waals surface area contributed by atoms with Crippen molar-refractivity contribution in [3.8, 4) is 0 Å². The van der Waals surface area contributed by atoms with E-state index in [4.69, 9.17) is 5.73 Å². The highest BCUT2D eigenvalue weighted by atomic mass is 16.1. The van der Waals surface area contributed by atoms with E-state index in [2.05, 4.69) is 10.6 Å². The lowest BCUT2D eigenvalue weighted by molar-refractivity contribution is 0.0956. The van der Waals surface area contributed by atoms with Crippen molar-refractivity contribution in [2.75, 3.05) is 24.1 Å².